The summed E-state index contributed by atoms with van der Waals surface area (Å²) in [6.45, 7) is 11.9. The largest absolute Gasteiger partial charge is 0.370 e. The summed E-state index contributed by atoms with van der Waals surface area (Å²) in [5, 5.41) is 0. The first kappa shape index (κ1) is 16.8. The molecule has 0 radical (unpaired) electrons. The van der Waals surface area contributed by atoms with Crippen molar-refractivity contribution in [1.29, 1.82) is 0 Å². The van der Waals surface area contributed by atoms with Gasteiger partial charge < -0.3 is 5.73 Å². The lowest BCUT2D eigenvalue weighted by Crippen LogP contribution is -2.01. The molecule has 0 heterocycles. The summed E-state index contributed by atoms with van der Waals surface area (Å²) in [6, 6.07) is 0. The van der Waals surface area contributed by atoms with Gasteiger partial charge in [0.1, 0.15) is 0 Å². The SMILES string of the molecule is CC.CC(N)=O.CCC(C)C. The average molecular weight is 161 g/mol. The van der Waals surface area contributed by atoms with Gasteiger partial charge in [0.15, 0.2) is 0 Å². The van der Waals surface area contributed by atoms with Gasteiger partial charge in [-0.15, -0.1) is 0 Å². The van der Waals surface area contributed by atoms with Gasteiger partial charge in [-0.25, -0.2) is 0 Å². The third-order valence-corrected chi connectivity index (χ3v) is 0.816. The molecule has 1 amide bonds. The molecule has 2 N–H and O–H groups in total. The molecule has 0 aromatic carbocycles. The van der Waals surface area contributed by atoms with Gasteiger partial charge in [0.25, 0.3) is 0 Å². The average Bonchev–Trinajstić information content (AvgIpc) is 1.91. The lowest BCUT2D eigenvalue weighted by molar-refractivity contribution is -0.115. The second kappa shape index (κ2) is 16.2. The van der Waals surface area contributed by atoms with E-state index in [2.05, 4.69) is 26.5 Å². The molecule has 0 bridgehead atoms. The van der Waals surface area contributed by atoms with Gasteiger partial charge in [-0.3, -0.25) is 4.79 Å². The highest BCUT2D eigenvalue weighted by Crippen LogP contribution is 1.93. The highest BCUT2D eigenvalue weighted by Gasteiger charge is 1.80. The van der Waals surface area contributed by atoms with E-state index in [-0.39, 0.29) is 5.91 Å². The van der Waals surface area contributed by atoms with E-state index < -0.39 is 0 Å². The monoisotopic (exact) mass is 161 g/mol. The van der Waals surface area contributed by atoms with Crippen molar-refractivity contribution in [2.75, 3.05) is 0 Å². The van der Waals surface area contributed by atoms with Crippen LogP contribution in [0.25, 0.3) is 0 Å². The normalized spacial score (nSPS) is 7.18. The van der Waals surface area contributed by atoms with Crippen LogP contribution in [0.1, 0.15) is 48.0 Å². The zero-order chi connectivity index (χ0) is 9.86. The zero-order valence-electron chi connectivity index (χ0n) is 8.77. The lowest BCUT2D eigenvalue weighted by atomic mass is 10.2. The van der Waals surface area contributed by atoms with Gasteiger partial charge in [-0.1, -0.05) is 41.0 Å². The number of rotatable bonds is 1. The number of carbonyl (C=O) groups excluding carboxylic acids is 1. The summed E-state index contributed by atoms with van der Waals surface area (Å²) in [6.07, 6.45) is 1.31. The smallest absolute Gasteiger partial charge is 0.214 e. The van der Waals surface area contributed by atoms with E-state index in [0.29, 0.717) is 0 Å². The number of nitrogens with two attached hydrogens (primary N) is 1. The molecule has 0 unspecified atom stereocenters. The van der Waals surface area contributed by atoms with Crippen LogP contribution in [0, 0.1) is 5.92 Å². The van der Waals surface area contributed by atoms with E-state index in [1.807, 2.05) is 13.8 Å². The topological polar surface area (TPSA) is 43.1 Å². The van der Waals surface area contributed by atoms with Crippen molar-refractivity contribution in [2.45, 2.75) is 48.0 Å². The molecule has 0 atom stereocenters. The highest BCUT2D eigenvalue weighted by atomic mass is 16.1. The fraction of sp³-hybridized carbons (Fsp3) is 0.889. The molecule has 0 saturated heterocycles. The van der Waals surface area contributed by atoms with Gasteiger partial charge in [0.05, 0.1) is 0 Å². The van der Waals surface area contributed by atoms with Gasteiger partial charge in [-0.05, 0) is 5.92 Å². The molecule has 70 valence electrons. The Morgan fingerprint density at radius 2 is 1.45 bits per heavy atom. The van der Waals surface area contributed by atoms with Crippen LogP contribution in [0.15, 0.2) is 0 Å². The molecule has 0 saturated carbocycles. The van der Waals surface area contributed by atoms with E-state index in [0.717, 1.165) is 5.92 Å². The molecule has 0 aromatic heterocycles. The Hall–Kier alpha value is -0.530. The summed E-state index contributed by atoms with van der Waals surface area (Å²) >= 11 is 0. The number of primary amides is 1. The molecule has 0 aliphatic rings. The van der Waals surface area contributed by atoms with E-state index in [4.69, 9.17) is 0 Å². The van der Waals surface area contributed by atoms with Crippen molar-refractivity contribution in [3.8, 4) is 0 Å². The first-order chi connectivity index (χ1) is 5.00. The second-order valence-electron chi connectivity index (χ2n) is 2.41. The van der Waals surface area contributed by atoms with Crippen LogP contribution >= 0.6 is 0 Å². The minimum atomic E-state index is -0.333. The highest BCUT2D eigenvalue weighted by molar-refractivity contribution is 5.70. The maximum absolute atomic E-state index is 9.22. The molecule has 2 nitrogen and oxygen atoms in total. The maximum atomic E-state index is 9.22. The third kappa shape index (κ3) is 245. The van der Waals surface area contributed by atoms with E-state index >= 15 is 0 Å². The molecule has 0 fully saturated rings. The van der Waals surface area contributed by atoms with Crippen LogP contribution in [0.4, 0.5) is 0 Å². The predicted molar refractivity (Wildman–Crippen MR) is 51.3 cm³/mol. The van der Waals surface area contributed by atoms with Crippen LogP contribution in [0.3, 0.4) is 0 Å². The Kier molecular flexibility index (Phi) is 24.8. The number of carbonyl (C=O) groups is 1. The fourth-order valence-corrected chi connectivity index (χ4v) is 0. The minimum Gasteiger partial charge on any atom is -0.370 e. The first-order valence-corrected chi connectivity index (χ1v) is 4.26. The van der Waals surface area contributed by atoms with Gasteiger partial charge >= 0.3 is 0 Å². The third-order valence-electron chi connectivity index (χ3n) is 0.816. The van der Waals surface area contributed by atoms with E-state index in [1.165, 1.54) is 13.3 Å². The van der Waals surface area contributed by atoms with Crippen LogP contribution in [0.2, 0.25) is 0 Å². The Morgan fingerprint density at radius 3 is 1.45 bits per heavy atom. The molecular formula is C9H23NO. The van der Waals surface area contributed by atoms with E-state index in [9.17, 15) is 4.79 Å². The van der Waals surface area contributed by atoms with Crippen molar-refractivity contribution in [1.82, 2.24) is 0 Å². The molecule has 0 aromatic rings. The maximum Gasteiger partial charge on any atom is 0.214 e. The van der Waals surface area contributed by atoms with Crippen molar-refractivity contribution in [2.24, 2.45) is 11.7 Å². The van der Waals surface area contributed by atoms with Crippen molar-refractivity contribution >= 4 is 5.91 Å². The van der Waals surface area contributed by atoms with Gasteiger partial charge in [0.2, 0.25) is 5.91 Å². The van der Waals surface area contributed by atoms with Crippen molar-refractivity contribution < 1.29 is 4.79 Å². The van der Waals surface area contributed by atoms with Gasteiger partial charge in [0, 0.05) is 6.92 Å². The van der Waals surface area contributed by atoms with Crippen LogP contribution in [0.5, 0.6) is 0 Å². The van der Waals surface area contributed by atoms with Gasteiger partial charge in [-0.2, -0.15) is 0 Å². The number of amides is 1. The molecule has 2 heteroatoms. The quantitative estimate of drug-likeness (QED) is 0.631. The van der Waals surface area contributed by atoms with E-state index in [1.54, 1.807) is 0 Å². The Bertz CT molecular complexity index is 66.0. The van der Waals surface area contributed by atoms with Crippen molar-refractivity contribution in [3.63, 3.8) is 0 Å². The summed E-state index contributed by atoms with van der Waals surface area (Å²) in [5.41, 5.74) is 4.47. The Labute approximate surface area is 71.2 Å². The number of hydrogen-bond acceptors (Lipinski definition) is 1. The standard InChI is InChI=1S/C5H12.C2H5NO.C2H6/c1-4-5(2)3;1-2(3)4;1-2/h5H,4H2,1-3H3;1H3,(H2,3,4);1-2H3. The lowest BCUT2D eigenvalue weighted by Gasteiger charge is -1.90. The second-order valence-corrected chi connectivity index (χ2v) is 2.41. The first-order valence-electron chi connectivity index (χ1n) is 4.26. The summed E-state index contributed by atoms with van der Waals surface area (Å²) in [7, 11) is 0. The molecule has 11 heavy (non-hydrogen) atoms. The molecule has 0 aliphatic carbocycles. The summed E-state index contributed by atoms with van der Waals surface area (Å²) in [4.78, 5) is 9.22. The van der Waals surface area contributed by atoms with Crippen LogP contribution in [-0.4, -0.2) is 5.91 Å². The van der Waals surface area contributed by atoms with Crippen molar-refractivity contribution in [3.05, 3.63) is 0 Å². The molecule has 0 aliphatic heterocycles. The summed E-state index contributed by atoms with van der Waals surface area (Å²) in [5.74, 6) is 0.551. The number of hydrogen-bond donors (Lipinski definition) is 1. The van der Waals surface area contributed by atoms with Crippen LogP contribution in [-0.2, 0) is 4.79 Å². The molecule has 0 rings (SSSR count). The van der Waals surface area contributed by atoms with Crippen LogP contribution < -0.4 is 5.73 Å². The molecular weight excluding hydrogens is 138 g/mol. The predicted octanol–water partition coefficient (Wildman–Crippen LogP) is 2.57. The Morgan fingerprint density at radius 1 is 1.36 bits per heavy atom. The zero-order valence-corrected chi connectivity index (χ0v) is 8.77. The fourth-order valence-electron chi connectivity index (χ4n) is 0. The minimum absolute atomic E-state index is 0.333. The molecule has 0 spiro atoms. The Balaban J connectivity index is -0.0000000965. The summed E-state index contributed by atoms with van der Waals surface area (Å²) < 4.78 is 0.